The molecule has 0 aromatic heterocycles. The Morgan fingerprint density at radius 1 is 1.20 bits per heavy atom. The van der Waals surface area contributed by atoms with Gasteiger partial charge in [0, 0.05) is 12.0 Å². The van der Waals surface area contributed by atoms with Crippen molar-refractivity contribution in [3.8, 4) is 5.75 Å². The topological polar surface area (TPSA) is 99.8 Å². The number of carbonyl (C=O) groups is 3. The predicted octanol–water partition coefficient (Wildman–Crippen LogP) is 2.62. The summed E-state index contributed by atoms with van der Waals surface area (Å²) < 4.78 is 5.75. The highest BCUT2D eigenvalue weighted by molar-refractivity contribution is 7.99. The number of fused-ring (bicyclic) bond motifs is 2. The SMILES string of the molecule is CCC(NC)C(=O)N[C@H]1CCSC2CC(C)(C)[C@@H](C(=O)N[C@@H]3CCOc4ccccc43)N2C1=O.Cl. The summed E-state index contributed by atoms with van der Waals surface area (Å²) >= 11 is 1.71. The summed E-state index contributed by atoms with van der Waals surface area (Å²) in [6.07, 6.45) is 2.61. The first-order chi connectivity index (χ1) is 16.3. The van der Waals surface area contributed by atoms with Gasteiger partial charge in [-0.2, -0.15) is 0 Å². The number of benzene rings is 1. The number of para-hydroxylation sites is 1. The minimum Gasteiger partial charge on any atom is -0.493 e. The van der Waals surface area contributed by atoms with Crippen molar-refractivity contribution in [2.75, 3.05) is 19.4 Å². The molecule has 2 saturated heterocycles. The van der Waals surface area contributed by atoms with Crippen LogP contribution < -0.4 is 20.7 Å². The fourth-order valence-corrected chi connectivity index (χ4v) is 6.96. The normalized spacial score (nSPS) is 27.9. The van der Waals surface area contributed by atoms with Gasteiger partial charge >= 0.3 is 0 Å². The second kappa shape index (κ2) is 11.4. The summed E-state index contributed by atoms with van der Waals surface area (Å²) in [5.74, 6) is 1.07. The van der Waals surface area contributed by atoms with Crippen LogP contribution in [0.4, 0.5) is 0 Å². The van der Waals surface area contributed by atoms with E-state index in [1.807, 2.05) is 31.2 Å². The Bertz CT molecular complexity index is 942. The first-order valence-electron chi connectivity index (χ1n) is 12.2. The number of hydrogen-bond acceptors (Lipinski definition) is 6. The molecule has 8 nitrogen and oxygen atoms in total. The number of halogens is 1. The molecule has 194 valence electrons. The smallest absolute Gasteiger partial charge is 0.246 e. The fraction of sp³-hybridized carbons (Fsp3) is 0.640. The lowest BCUT2D eigenvalue weighted by molar-refractivity contribution is -0.144. The van der Waals surface area contributed by atoms with Gasteiger partial charge in [-0.05, 0) is 43.5 Å². The molecule has 3 aliphatic heterocycles. The highest BCUT2D eigenvalue weighted by Crippen LogP contribution is 2.46. The Kier molecular flexibility index (Phi) is 8.99. The van der Waals surface area contributed by atoms with E-state index in [1.165, 1.54) is 0 Å². The average molecular weight is 525 g/mol. The van der Waals surface area contributed by atoms with Gasteiger partial charge in [-0.1, -0.05) is 39.0 Å². The highest BCUT2D eigenvalue weighted by atomic mass is 35.5. The molecule has 2 fully saturated rings. The Hall–Kier alpha value is -1.97. The number of rotatable bonds is 6. The minimum absolute atomic E-state index is 0. The molecule has 3 heterocycles. The zero-order chi connectivity index (χ0) is 24.5. The summed E-state index contributed by atoms with van der Waals surface area (Å²) in [4.78, 5) is 41.9. The maximum absolute atomic E-state index is 13.7. The van der Waals surface area contributed by atoms with Crippen LogP contribution in [0, 0.1) is 5.41 Å². The van der Waals surface area contributed by atoms with Crippen molar-refractivity contribution >= 4 is 41.9 Å². The molecule has 5 atom stereocenters. The van der Waals surface area contributed by atoms with Crippen LogP contribution in [0.25, 0.3) is 0 Å². The quantitative estimate of drug-likeness (QED) is 0.529. The number of carbonyl (C=O) groups excluding carboxylic acids is 3. The Labute approximate surface area is 218 Å². The Morgan fingerprint density at radius 2 is 1.94 bits per heavy atom. The molecule has 4 rings (SSSR count). The number of nitrogens with zero attached hydrogens (tertiary/aromatic N) is 1. The van der Waals surface area contributed by atoms with Crippen LogP contribution in [0.15, 0.2) is 24.3 Å². The molecule has 3 amide bonds. The van der Waals surface area contributed by atoms with E-state index in [9.17, 15) is 14.4 Å². The fourth-order valence-electron chi connectivity index (χ4n) is 5.39. The van der Waals surface area contributed by atoms with Crippen molar-refractivity contribution in [1.82, 2.24) is 20.9 Å². The number of ether oxygens (including phenoxy) is 1. The molecule has 0 aliphatic carbocycles. The van der Waals surface area contributed by atoms with Crippen molar-refractivity contribution in [1.29, 1.82) is 0 Å². The largest absolute Gasteiger partial charge is 0.493 e. The molecule has 35 heavy (non-hydrogen) atoms. The van der Waals surface area contributed by atoms with E-state index >= 15 is 0 Å². The number of amides is 3. The minimum atomic E-state index is -0.625. The van der Waals surface area contributed by atoms with Gasteiger partial charge in [0.05, 0.1) is 24.1 Å². The molecule has 1 aromatic carbocycles. The first kappa shape index (κ1) is 27.6. The number of likely N-dealkylation sites (N-methyl/N-ethyl adjacent to an activating group) is 1. The van der Waals surface area contributed by atoms with Crippen LogP contribution in [0.2, 0.25) is 0 Å². The maximum Gasteiger partial charge on any atom is 0.246 e. The number of thioether (sulfide) groups is 1. The zero-order valence-electron chi connectivity index (χ0n) is 20.8. The van der Waals surface area contributed by atoms with Crippen molar-refractivity contribution in [3.63, 3.8) is 0 Å². The van der Waals surface area contributed by atoms with Gasteiger partial charge in [-0.15, -0.1) is 24.2 Å². The van der Waals surface area contributed by atoms with Crippen LogP contribution >= 0.6 is 24.2 Å². The van der Waals surface area contributed by atoms with E-state index in [1.54, 1.807) is 23.7 Å². The van der Waals surface area contributed by atoms with E-state index in [2.05, 4.69) is 29.8 Å². The highest BCUT2D eigenvalue weighted by Gasteiger charge is 2.54. The Balaban J connectivity index is 0.00000342. The predicted molar refractivity (Wildman–Crippen MR) is 140 cm³/mol. The lowest BCUT2D eigenvalue weighted by atomic mass is 9.83. The summed E-state index contributed by atoms with van der Waals surface area (Å²) in [5, 5.41) is 9.09. The van der Waals surface area contributed by atoms with Crippen LogP contribution in [-0.2, 0) is 14.4 Å². The van der Waals surface area contributed by atoms with Gasteiger partial charge < -0.3 is 25.6 Å². The number of nitrogens with one attached hydrogen (secondary N) is 3. The van der Waals surface area contributed by atoms with Crippen LogP contribution in [0.5, 0.6) is 5.75 Å². The third kappa shape index (κ3) is 5.57. The van der Waals surface area contributed by atoms with Gasteiger partial charge in [0.2, 0.25) is 17.7 Å². The number of hydrogen-bond donors (Lipinski definition) is 3. The van der Waals surface area contributed by atoms with E-state index < -0.39 is 12.1 Å². The van der Waals surface area contributed by atoms with Gasteiger partial charge in [-0.25, -0.2) is 0 Å². The third-order valence-electron chi connectivity index (χ3n) is 7.21. The van der Waals surface area contributed by atoms with Gasteiger partial charge in [0.15, 0.2) is 0 Å². The molecule has 2 unspecified atom stereocenters. The summed E-state index contributed by atoms with van der Waals surface area (Å²) in [6.45, 7) is 6.58. The average Bonchev–Trinajstić information content (AvgIpc) is 3.00. The second-order valence-electron chi connectivity index (χ2n) is 10.0. The molecule has 0 spiro atoms. The van der Waals surface area contributed by atoms with E-state index in [-0.39, 0.29) is 53.0 Å². The lowest BCUT2D eigenvalue weighted by Crippen LogP contribution is -2.58. The molecular formula is C25H37ClN4O4S. The Morgan fingerprint density at radius 3 is 2.66 bits per heavy atom. The summed E-state index contributed by atoms with van der Waals surface area (Å²) in [7, 11) is 1.74. The molecule has 3 aliphatic rings. The molecular weight excluding hydrogens is 488 g/mol. The summed E-state index contributed by atoms with van der Waals surface area (Å²) in [5.41, 5.74) is 0.583. The van der Waals surface area contributed by atoms with Crippen molar-refractivity contribution < 1.29 is 19.1 Å². The molecule has 0 saturated carbocycles. The second-order valence-corrected chi connectivity index (χ2v) is 11.3. The third-order valence-corrected chi connectivity index (χ3v) is 8.46. The molecule has 0 radical (unpaired) electrons. The van der Waals surface area contributed by atoms with Gasteiger partial charge in [0.1, 0.15) is 17.8 Å². The molecule has 1 aromatic rings. The van der Waals surface area contributed by atoms with Crippen molar-refractivity contribution in [2.24, 2.45) is 5.41 Å². The van der Waals surface area contributed by atoms with E-state index in [4.69, 9.17) is 4.74 Å². The van der Waals surface area contributed by atoms with Crippen molar-refractivity contribution in [2.45, 2.75) is 76.0 Å². The summed E-state index contributed by atoms with van der Waals surface area (Å²) in [6, 6.07) is 6.04. The molecule has 10 heteroatoms. The molecule has 0 bridgehead atoms. The first-order valence-corrected chi connectivity index (χ1v) is 13.2. The molecule has 3 N–H and O–H groups in total. The van der Waals surface area contributed by atoms with Crippen molar-refractivity contribution in [3.05, 3.63) is 29.8 Å². The monoisotopic (exact) mass is 524 g/mol. The van der Waals surface area contributed by atoms with Crippen LogP contribution in [0.3, 0.4) is 0 Å². The van der Waals surface area contributed by atoms with Crippen LogP contribution in [-0.4, -0.2) is 65.5 Å². The van der Waals surface area contributed by atoms with Crippen LogP contribution in [0.1, 0.15) is 58.1 Å². The lowest BCUT2D eigenvalue weighted by Gasteiger charge is -2.36. The zero-order valence-corrected chi connectivity index (χ0v) is 22.5. The van der Waals surface area contributed by atoms with E-state index in [0.29, 0.717) is 25.9 Å². The van der Waals surface area contributed by atoms with Gasteiger partial charge in [0.25, 0.3) is 0 Å². The standard InChI is InChI=1S/C25H36N4O4S.ClH/c1-5-16(26-4)22(30)28-18-11-13-34-20-14-25(2,3)21(29(20)24(18)32)23(31)27-17-10-12-33-19-9-7-6-8-15(17)19;/h6-9,16-18,20-21,26H,5,10-14H2,1-4H3,(H,27,31)(H,28,30);1H/t16?,17-,18+,20?,21-;/m1./s1. The van der Waals surface area contributed by atoms with E-state index in [0.717, 1.165) is 23.5 Å². The van der Waals surface area contributed by atoms with Gasteiger partial charge in [-0.3, -0.25) is 14.4 Å². The maximum atomic E-state index is 13.7.